The number of methoxy groups -OCH3 is 1. The number of pyridine rings is 1. The van der Waals surface area contributed by atoms with Crippen LogP contribution in [0.15, 0.2) is 41.2 Å². The van der Waals surface area contributed by atoms with E-state index in [0.717, 1.165) is 11.3 Å². The SMILES string of the molecule is COc1cc(C)n(CCNC(=O)CCc2ccc(C#N)cc2)c(=O)c1. The molecule has 1 aromatic heterocycles. The lowest BCUT2D eigenvalue weighted by molar-refractivity contribution is -0.121. The predicted molar refractivity (Wildman–Crippen MR) is 94.5 cm³/mol. The van der Waals surface area contributed by atoms with Crippen LogP contribution in [-0.2, 0) is 17.8 Å². The zero-order chi connectivity index (χ0) is 18.2. The molecule has 1 N–H and O–H groups in total. The highest BCUT2D eigenvalue weighted by molar-refractivity contribution is 5.76. The quantitative estimate of drug-likeness (QED) is 0.833. The van der Waals surface area contributed by atoms with Crippen LogP contribution in [0.2, 0.25) is 0 Å². The molecular formula is C19H21N3O3. The van der Waals surface area contributed by atoms with E-state index in [2.05, 4.69) is 11.4 Å². The van der Waals surface area contributed by atoms with Crippen molar-refractivity contribution in [3.05, 3.63) is 63.6 Å². The van der Waals surface area contributed by atoms with E-state index in [1.54, 1.807) is 22.8 Å². The lowest BCUT2D eigenvalue weighted by Crippen LogP contribution is -2.31. The van der Waals surface area contributed by atoms with Gasteiger partial charge in [-0.15, -0.1) is 0 Å². The van der Waals surface area contributed by atoms with E-state index in [4.69, 9.17) is 10.00 Å². The molecule has 0 aliphatic carbocycles. The van der Waals surface area contributed by atoms with E-state index in [-0.39, 0.29) is 11.5 Å². The molecule has 0 unspecified atom stereocenters. The van der Waals surface area contributed by atoms with Gasteiger partial charge < -0.3 is 14.6 Å². The van der Waals surface area contributed by atoms with E-state index in [1.807, 2.05) is 19.1 Å². The molecule has 0 fully saturated rings. The standard InChI is InChI=1S/C19H21N3O3/c1-14-11-17(25-2)12-19(24)22(14)10-9-21-18(23)8-7-15-3-5-16(13-20)6-4-15/h3-6,11-12H,7-10H2,1-2H3,(H,21,23). The lowest BCUT2D eigenvalue weighted by atomic mass is 10.1. The van der Waals surface area contributed by atoms with Crippen LogP contribution in [0.5, 0.6) is 5.75 Å². The molecule has 25 heavy (non-hydrogen) atoms. The molecule has 6 heteroatoms. The first-order valence-electron chi connectivity index (χ1n) is 8.04. The number of rotatable bonds is 7. The predicted octanol–water partition coefficient (Wildman–Crippen LogP) is 1.79. The zero-order valence-corrected chi connectivity index (χ0v) is 14.4. The molecule has 1 heterocycles. The number of nitrogens with one attached hydrogen (secondary N) is 1. The fraction of sp³-hybridized carbons (Fsp3) is 0.316. The first-order chi connectivity index (χ1) is 12.0. The minimum atomic E-state index is -0.149. The summed E-state index contributed by atoms with van der Waals surface area (Å²) in [4.78, 5) is 23.9. The van der Waals surface area contributed by atoms with Gasteiger partial charge in [0.25, 0.3) is 5.56 Å². The summed E-state index contributed by atoms with van der Waals surface area (Å²) in [5.41, 5.74) is 2.25. The Bertz CT molecular complexity index is 832. The molecular weight excluding hydrogens is 318 g/mol. The van der Waals surface area contributed by atoms with Gasteiger partial charge in [0, 0.05) is 31.3 Å². The molecule has 2 rings (SSSR count). The molecule has 6 nitrogen and oxygen atoms in total. The van der Waals surface area contributed by atoms with Gasteiger partial charge in [0.1, 0.15) is 5.75 Å². The summed E-state index contributed by atoms with van der Waals surface area (Å²) in [5.74, 6) is 0.466. The summed E-state index contributed by atoms with van der Waals surface area (Å²) in [7, 11) is 1.52. The summed E-state index contributed by atoms with van der Waals surface area (Å²) in [6.07, 6.45) is 0.974. The van der Waals surface area contributed by atoms with Crippen molar-refractivity contribution >= 4 is 5.91 Å². The first kappa shape index (κ1) is 18.3. The van der Waals surface area contributed by atoms with Crippen LogP contribution in [0.1, 0.15) is 23.2 Å². The summed E-state index contributed by atoms with van der Waals surface area (Å²) >= 11 is 0. The van der Waals surface area contributed by atoms with Crippen molar-refractivity contribution < 1.29 is 9.53 Å². The molecule has 0 bridgehead atoms. The van der Waals surface area contributed by atoms with Crippen molar-refractivity contribution in [1.82, 2.24) is 9.88 Å². The number of nitrogens with zero attached hydrogens (tertiary/aromatic N) is 2. The second-order valence-electron chi connectivity index (χ2n) is 5.69. The summed E-state index contributed by atoms with van der Waals surface area (Å²) in [6, 6.07) is 12.5. The van der Waals surface area contributed by atoms with E-state index < -0.39 is 0 Å². The number of carbonyl (C=O) groups is 1. The van der Waals surface area contributed by atoms with Gasteiger partial charge in [0.2, 0.25) is 5.91 Å². The number of carbonyl (C=O) groups excluding carboxylic acids is 1. The Hall–Kier alpha value is -3.07. The Labute approximate surface area is 146 Å². The summed E-state index contributed by atoms with van der Waals surface area (Å²) < 4.78 is 6.66. The molecule has 2 aromatic rings. The second kappa shape index (κ2) is 8.69. The monoisotopic (exact) mass is 339 g/mol. The average Bonchev–Trinajstić information content (AvgIpc) is 2.62. The lowest BCUT2D eigenvalue weighted by Gasteiger charge is -2.12. The Morgan fingerprint density at radius 3 is 2.60 bits per heavy atom. The number of nitriles is 1. The number of hydrogen-bond donors (Lipinski definition) is 1. The highest BCUT2D eigenvalue weighted by Crippen LogP contribution is 2.08. The number of aromatic nitrogens is 1. The van der Waals surface area contributed by atoms with E-state index in [1.165, 1.54) is 13.2 Å². The van der Waals surface area contributed by atoms with Crippen LogP contribution in [0, 0.1) is 18.3 Å². The van der Waals surface area contributed by atoms with Gasteiger partial charge in [-0.2, -0.15) is 5.26 Å². The van der Waals surface area contributed by atoms with Crippen molar-refractivity contribution in [3.63, 3.8) is 0 Å². The maximum Gasteiger partial charge on any atom is 0.254 e. The number of benzene rings is 1. The molecule has 0 spiro atoms. The maximum absolute atomic E-state index is 12.0. The molecule has 0 saturated heterocycles. The number of amides is 1. The molecule has 1 amide bonds. The summed E-state index contributed by atoms with van der Waals surface area (Å²) in [5, 5.41) is 11.6. The van der Waals surface area contributed by atoms with Crippen molar-refractivity contribution in [3.8, 4) is 11.8 Å². The third kappa shape index (κ3) is 5.21. The fourth-order valence-electron chi connectivity index (χ4n) is 2.50. The number of aryl methyl sites for hydroxylation is 2. The molecule has 0 atom stereocenters. The van der Waals surface area contributed by atoms with Gasteiger partial charge in [-0.05, 0) is 37.1 Å². The van der Waals surface area contributed by atoms with Gasteiger partial charge in [-0.1, -0.05) is 12.1 Å². The topological polar surface area (TPSA) is 84.1 Å². The second-order valence-corrected chi connectivity index (χ2v) is 5.69. The number of hydrogen-bond acceptors (Lipinski definition) is 4. The molecule has 0 saturated carbocycles. The zero-order valence-electron chi connectivity index (χ0n) is 14.4. The van der Waals surface area contributed by atoms with Gasteiger partial charge in [0.05, 0.1) is 18.7 Å². The van der Waals surface area contributed by atoms with Gasteiger partial charge in [-0.25, -0.2) is 0 Å². The molecule has 0 aliphatic heterocycles. The summed E-state index contributed by atoms with van der Waals surface area (Å²) in [6.45, 7) is 2.63. The van der Waals surface area contributed by atoms with Crippen molar-refractivity contribution in [2.45, 2.75) is 26.3 Å². The Kier molecular flexibility index (Phi) is 6.35. The molecule has 0 radical (unpaired) electrons. The third-order valence-corrected chi connectivity index (χ3v) is 3.93. The molecule has 130 valence electrons. The van der Waals surface area contributed by atoms with Crippen LogP contribution in [0.4, 0.5) is 0 Å². The van der Waals surface area contributed by atoms with Gasteiger partial charge >= 0.3 is 0 Å². The first-order valence-corrected chi connectivity index (χ1v) is 8.04. The third-order valence-electron chi connectivity index (χ3n) is 3.93. The van der Waals surface area contributed by atoms with E-state index >= 15 is 0 Å². The Morgan fingerprint density at radius 2 is 2.00 bits per heavy atom. The largest absolute Gasteiger partial charge is 0.496 e. The van der Waals surface area contributed by atoms with Crippen LogP contribution in [0.3, 0.4) is 0 Å². The van der Waals surface area contributed by atoms with Gasteiger partial charge in [0.15, 0.2) is 0 Å². The fourth-order valence-corrected chi connectivity index (χ4v) is 2.50. The van der Waals surface area contributed by atoms with Crippen LogP contribution in [0.25, 0.3) is 0 Å². The highest BCUT2D eigenvalue weighted by atomic mass is 16.5. The van der Waals surface area contributed by atoms with Crippen LogP contribution in [-0.4, -0.2) is 24.1 Å². The minimum Gasteiger partial charge on any atom is -0.496 e. The average molecular weight is 339 g/mol. The maximum atomic E-state index is 12.0. The smallest absolute Gasteiger partial charge is 0.254 e. The van der Waals surface area contributed by atoms with Crippen molar-refractivity contribution in [2.75, 3.05) is 13.7 Å². The minimum absolute atomic E-state index is 0.0661. The van der Waals surface area contributed by atoms with Crippen molar-refractivity contribution in [1.29, 1.82) is 5.26 Å². The van der Waals surface area contributed by atoms with Crippen LogP contribution < -0.4 is 15.6 Å². The number of ether oxygens (including phenoxy) is 1. The Morgan fingerprint density at radius 1 is 1.28 bits per heavy atom. The highest BCUT2D eigenvalue weighted by Gasteiger charge is 2.06. The molecule has 0 aliphatic rings. The normalized spacial score (nSPS) is 10.1. The molecule has 1 aromatic carbocycles. The van der Waals surface area contributed by atoms with Crippen LogP contribution >= 0.6 is 0 Å². The van der Waals surface area contributed by atoms with Gasteiger partial charge in [-0.3, -0.25) is 9.59 Å². The Balaban J connectivity index is 1.80. The van der Waals surface area contributed by atoms with E-state index in [0.29, 0.717) is 37.2 Å². The van der Waals surface area contributed by atoms with Crippen molar-refractivity contribution in [2.24, 2.45) is 0 Å². The van der Waals surface area contributed by atoms with E-state index in [9.17, 15) is 9.59 Å².